The van der Waals surface area contributed by atoms with E-state index in [1.54, 1.807) is 12.3 Å². The number of piperazine rings is 1. The maximum absolute atomic E-state index is 11.4. The Kier molecular flexibility index (Phi) is 4.31. The zero-order chi connectivity index (χ0) is 13.7. The summed E-state index contributed by atoms with van der Waals surface area (Å²) in [5, 5.41) is 8.66. The van der Waals surface area contributed by atoms with Crippen LogP contribution in [0.25, 0.3) is 0 Å². The van der Waals surface area contributed by atoms with Gasteiger partial charge < -0.3 is 9.64 Å². The Labute approximate surface area is 112 Å². The number of pyridine rings is 1. The van der Waals surface area contributed by atoms with Crippen LogP contribution in [0.1, 0.15) is 10.5 Å². The Morgan fingerprint density at radius 1 is 1.47 bits per heavy atom. The van der Waals surface area contributed by atoms with Crippen molar-refractivity contribution in [2.45, 2.75) is 0 Å². The summed E-state index contributed by atoms with van der Waals surface area (Å²) in [5.41, 5.74) is 1.28. The molecule has 0 unspecified atom stereocenters. The molecular formula is C13H16N4O2. The third-order valence-electron chi connectivity index (χ3n) is 3.17. The Balaban J connectivity index is 2.03. The van der Waals surface area contributed by atoms with Crippen LogP contribution in [0.3, 0.4) is 0 Å². The van der Waals surface area contributed by atoms with Gasteiger partial charge in [-0.2, -0.15) is 5.26 Å². The molecule has 1 aliphatic heterocycles. The number of ether oxygens (including phenoxy) is 1. The van der Waals surface area contributed by atoms with E-state index in [-0.39, 0.29) is 0 Å². The Morgan fingerprint density at radius 2 is 2.21 bits per heavy atom. The van der Waals surface area contributed by atoms with Crippen molar-refractivity contribution in [1.29, 1.82) is 5.26 Å². The first-order chi connectivity index (χ1) is 9.24. The van der Waals surface area contributed by atoms with Gasteiger partial charge in [0.2, 0.25) is 0 Å². The summed E-state index contributed by atoms with van der Waals surface area (Å²) in [4.78, 5) is 19.7. The summed E-state index contributed by atoms with van der Waals surface area (Å²) < 4.78 is 4.66. The molecule has 6 nitrogen and oxygen atoms in total. The Hall–Kier alpha value is -2.13. The molecule has 1 saturated heterocycles. The summed E-state index contributed by atoms with van der Waals surface area (Å²) in [6.07, 6.45) is 1.61. The highest BCUT2D eigenvalue weighted by Gasteiger charge is 2.18. The number of nitrogens with zero attached hydrogens (tertiary/aromatic N) is 4. The number of hydrogen-bond donors (Lipinski definition) is 0. The fourth-order valence-corrected chi connectivity index (χ4v) is 2.10. The molecule has 1 aromatic rings. The van der Waals surface area contributed by atoms with Gasteiger partial charge in [-0.1, -0.05) is 0 Å². The second-order valence-electron chi connectivity index (χ2n) is 4.31. The molecule has 0 aromatic carbocycles. The molecule has 6 heteroatoms. The predicted molar refractivity (Wildman–Crippen MR) is 69.8 cm³/mol. The highest BCUT2D eigenvalue weighted by molar-refractivity contribution is 5.88. The molecule has 1 aromatic heterocycles. The monoisotopic (exact) mass is 260 g/mol. The second-order valence-corrected chi connectivity index (χ2v) is 4.31. The standard InChI is InChI=1S/C13H16N4O2/c1-19-13(18)12-10-11(2-4-15-12)17-8-6-16(5-3-14)7-9-17/h2,4,10H,5-9H2,1H3. The minimum atomic E-state index is -0.426. The van der Waals surface area contributed by atoms with Crippen LogP contribution < -0.4 is 4.90 Å². The molecule has 2 heterocycles. The lowest BCUT2D eigenvalue weighted by atomic mass is 10.2. The minimum absolute atomic E-state index is 0.319. The normalized spacial score (nSPS) is 15.9. The smallest absolute Gasteiger partial charge is 0.356 e. The third-order valence-corrected chi connectivity index (χ3v) is 3.17. The highest BCUT2D eigenvalue weighted by atomic mass is 16.5. The number of esters is 1. The van der Waals surface area contributed by atoms with Gasteiger partial charge in [0.15, 0.2) is 0 Å². The van der Waals surface area contributed by atoms with Gasteiger partial charge in [0, 0.05) is 38.1 Å². The van der Waals surface area contributed by atoms with E-state index < -0.39 is 5.97 Å². The van der Waals surface area contributed by atoms with Crippen LogP contribution in [0.2, 0.25) is 0 Å². The van der Waals surface area contributed by atoms with E-state index in [0.29, 0.717) is 12.2 Å². The van der Waals surface area contributed by atoms with Crippen LogP contribution in [0.4, 0.5) is 5.69 Å². The van der Waals surface area contributed by atoms with Crippen LogP contribution >= 0.6 is 0 Å². The number of carbonyl (C=O) groups excluding carboxylic acids is 1. The van der Waals surface area contributed by atoms with Gasteiger partial charge in [-0.15, -0.1) is 0 Å². The van der Waals surface area contributed by atoms with Crippen molar-refractivity contribution in [3.8, 4) is 6.07 Å². The van der Waals surface area contributed by atoms with Crippen molar-refractivity contribution in [3.63, 3.8) is 0 Å². The largest absolute Gasteiger partial charge is 0.464 e. The molecule has 1 aliphatic rings. The van der Waals surface area contributed by atoms with E-state index >= 15 is 0 Å². The number of hydrogen-bond acceptors (Lipinski definition) is 6. The summed E-state index contributed by atoms with van der Waals surface area (Å²) in [7, 11) is 1.34. The molecule has 19 heavy (non-hydrogen) atoms. The van der Waals surface area contributed by atoms with Crippen molar-refractivity contribution in [3.05, 3.63) is 24.0 Å². The van der Waals surface area contributed by atoms with Crippen LogP contribution in [-0.2, 0) is 4.74 Å². The molecule has 2 rings (SSSR count). The van der Waals surface area contributed by atoms with Crippen molar-refractivity contribution in [1.82, 2.24) is 9.88 Å². The van der Waals surface area contributed by atoms with Crippen molar-refractivity contribution in [2.75, 3.05) is 44.7 Å². The molecule has 100 valence electrons. The van der Waals surface area contributed by atoms with Crippen molar-refractivity contribution < 1.29 is 9.53 Å². The maximum atomic E-state index is 11.4. The molecular weight excluding hydrogens is 244 g/mol. The molecule has 0 radical (unpaired) electrons. The Bertz CT molecular complexity index is 490. The number of carbonyl (C=O) groups is 1. The van der Waals surface area contributed by atoms with Gasteiger partial charge in [0.25, 0.3) is 0 Å². The maximum Gasteiger partial charge on any atom is 0.356 e. The molecule has 0 saturated carbocycles. The molecule has 0 spiro atoms. The lowest BCUT2D eigenvalue weighted by Crippen LogP contribution is -2.46. The second kappa shape index (κ2) is 6.16. The molecule has 0 atom stereocenters. The van der Waals surface area contributed by atoms with Crippen molar-refractivity contribution in [2.24, 2.45) is 0 Å². The number of anilines is 1. The third kappa shape index (κ3) is 3.20. The highest BCUT2D eigenvalue weighted by Crippen LogP contribution is 2.17. The number of methoxy groups -OCH3 is 1. The first-order valence-electron chi connectivity index (χ1n) is 6.13. The molecule has 0 bridgehead atoms. The van der Waals surface area contributed by atoms with Gasteiger partial charge in [0.05, 0.1) is 19.7 Å². The number of aromatic nitrogens is 1. The van der Waals surface area contributed by atoms with E-state index in [2.05, 4.69) is 25.6 Å². The van der Waals surface area contributed by atoms with Gasteiger partial charge >= 0.3 is 5.97 Å². The fraction of sp³-hybridized carbons (Fsp3) is 0.462. The number of nitriles is 1. The van der Waals surface area contributed by atoms with E-state index in [9.17, 15) is 4.79 Å². The van der Waals surface area contributed by atoms with E-state index in [1.807, 2.05) is 6.07 Å². The van der Waals surface area contributed by atoms with Gasteiger partial charge in [-0.05, 0) is 12.1 Å². The molecule has 0 N–H and O–H groups in total. The van der Waals surface area contributed by atoms with Crippen LogP contribution in [-0.4, -0.2) is 55.7 Å². The van der Waals surface area contributed by atoms with Crippen LogP contribution in [0, 0.1) is 11.3 Å². The minimum Gasteiger partial charge on any atom is -0.464 e. The van der Waals surface area contributed by atoms with Gasteiger partial charge in [-0.25, -0.2) is 9.78 Å². The summed E-state index contributed by atoms with van der Waals surface area (Å²) >= 11 is 0. The van der Waals surface area contributed by atoms with Gasteiger partial charge in [0.1, 0.15) is 5.69 Å². The average Bonchev–Trinajstić information content (AvgIpc) is 2.48. The Morgan fingerprint density at radius 3 is 2.84 bits per heavy atom. The zero-order valence-corrected chi connectivity index (χ0v) is 10.9. The molecule has 0 amide bonds. The fourth-order valence-electron chi connectivity index (χ4n) is 2.10. The lowest BCUT2D eigenvalue weighted by Gasteiger charge is -2.34. The van der Waals surface area contributed by atoms with Crippen LogP contribution in [0.5, 0.6) is 0 Å². The average molecular weight is 260 g/mol. The topological polar surface area (TPSA) is 69.5 Å². The molecule has 0 aliphatic carbocycles. The van der Waals surface area contributed by atoms with E-state index in [1.165, 1.54) is 7.11 Å². The summed E-state index contributed by atoms with van der Waals surface area (Å²) in [5.74, 6) is -0.426. The lowest BCUT2D eigenvalue weighted by molar-refractivity contribution is 0.0594. The quantitative estimate of drug-likeness (QED) is 0.582. The summed E-state index contributed by atoms with van der Waals surface area (Å²) in [6.45, 7) is 3.85. The SMILES string of the molecule is COC(=O)c1cc(N2CCN(CC#N)CC2)ccn1. The van der Waals surface area contributed by atoms with Crippen LogP contribution in [0.15, 0.2) is 18.3 Å². The molecule has 1 fully saturated rings. The number of rotatable bonds is 3. The first-order valence-corrected chi connectivity index (χ1v) is 6.13. The van der Waals surface area contributed by atoms with Crippen molar-refractivity contribution >= 4 is 11.7 Å². The van der Waals surface area contributed by atoms with Gasteiger partial charge in [-0.3, -0.25) is 4.90 Å². The summed E-state index contributed by atoms with van der Waals surface area (Å²) in [6, 6.07) is 5.78. The first kappa shape index (κ1) is 13.3. The predicted octanol–water partition coefficient (Wildman–Crippen LogP) is 0.514. The van der Waals surface area contributed by atoms with E-state index in [4.69, 9.17) is 5.26 Å². The zero-order valence-electron chi connectivity index (χ0n) is 10.9. The van der Waals surface area contributed by atoms with E-state index in [0.717, 1.165) is 31.9 Å².